The first-order valence-electron chi connectivity index (χ1n) is 10.9. The standard InChI is InChI=1S/C20H39N5O2S/c1-3-28(27)18-8-6-7-17(15-18)24-20(22-2)23-11-4-5-12-25-13-9-16(10-14-25)19(21)26/h16-18H,3-15H2,1-2H3,(H2,21,26)(H2,22,23,24). The lowest BCUT2D eigenvalue weighted by Crippen LogP contribution is -2.46. The van der Waals surface area contributed by atoms with Crippen molar-refractivity contribution in [2.75, 3.05) is 39.0 Å². The zero-order chi connectivity index (χ0) is 20.4. The fourth-order valence-corrected chi connectivity index (χ4v) is 5.59. The zero-order valence-corrected chi connectivity index (χ0v) is 18.4. The molecule has 3 atom stereocenters. The van der Waals surface area contributed by atoms with E-state index in [0.29, 0.717) is 11.3 Å². The van der Waals surface area contributed by atoms with E-state index in [9.17, 15) is 9.00 Å². The Hall–Kier alpha value is -1.15. The van der Waals surface area contributed by atoms with E-state index in [0.717, 1.165) is 89.3 Å². The predicted octanol–water partition coefficient (Wildman–Crippen LogP) is 1.21. The van der Waals surface area contributed by atoms with E-state index in [1.165, 1.54) is 0 Å². The van der Waals surface area contributed by atoms with Crippen LogP contribution in [-0.4, -0.2) is 71.2 Å². The molecule has 28 heavy (non-hydrogen) atoms. The van der Waals surface area contributed by atoms with Crippen LogP contribution in [0.4, 0.5) is 0 Å². The summed E-state index contributed by atoms with van der Waals surface area (Å²) in [6.45, 7) is 5.94. The molecular formula is C20H39N5O2S. The second-order valence-corrected chi connectivity index (χ2v) is 10.0. The van der Waals surface area contributed by atoms with E-state index in [1.54, 1.807) is 0 Å². The molecule has 3 unspecified atom stereocenters. The van der Waals surface area contributed by atoms with Gasteiger partial charge < -0.3 is 21.3 Å². The van der Waals surface area contributed by atoms with Crippen LogP contribution in [0.25, 0.3) is 0 Å². The molecule has 1 aliphatic heterocycles. The Morgan fingerprint density at radius 3 is 2.61 bits per heavy atom. The van der Waals surface area contributed by atoms with Gasteiger partial charge in [0, 0.05) is 47.4 Å². The molecule has 1 saturated carbocycles. The molecule has 0 aromatic rings. The summed E-state index contributed by atoms with van der Waals surface area (Å²) in [7, 11) is 1.11. The molecule has 2 rings (SSSR count). The van der Waals surface area contributed by atoms with Gasteiger partial charge in [0.15, 0.2) is 5.96 Å². The van der Waals surface area contributed by atoms with Gasteiger partial charge in [0.1, 0.15) is 0 Å². The van der Waals surface area contributed by atoms with Gasteiger partial charge >= 0.3 is 0 Å². The zero-order valence-electron chi connectivity index (χ0n) is 17.6. The number of likely N-dealkylation sites (tertiary alicyclic amines) is 1. The van der Waals surface area contributed by atoms with Crippen LogP contribution >= 0.6 is 0 Å². The van der Waals surface area contributed by atoms with Gasteiger partial charge in [-0.2, -0.15) is 0 Å². The quantitative estimate of drug-likeness (QED) is 0.300. The van der Waals surface area contributed by atoms with Crippen LogP contribution in [0.3, 0.4) is 0 Å². The highest BCUT2D eigenvalue weighted by molar-refractivity contribution is 7.85. The molecule has 0 radical (unpaired) electrons. The van der Waals surface area contributed by atoms with E-state index in [-0.39, 0.29) is 11.8 Å². The Labute approximate surface area is 172 Å². The lowest BCUT2D eigenvalue weighted by atomic mass is 9.95. The Balaban J connectivity index is 1.59. The van der Waals surface area contributed by atoms with Crippen molar-refractivity contribution in [2.45, 2.75) is 69.6 Å². The molecule has 0 spiro atoms. The summed E-state index contributed by atoms with van der Waals surface area (Å²) in [6.07, 6.45) is 8.33. The fourth-order valence-electron chi connectivity index (χ4n) is 4.25. The highest BCUT2D eigenvalue weighted by Gasteiger charge is 2.26. The van der Waals surface area contributed by atoms with E-state index in [1.807, 2.05) is 14.0 Å². The van der Waals surface area contributed by atoms with Gasteiger partial charge in [-0.1, -0.05) is 13.3 Å². The van der Waals surface area contributed by atoms with Crippen molar-refractivity contribution in [1.82, 2.24) is 15.5 Å². The van der Waals surface area contributed by atoms with E-state index in [4.69, 9.17) is 5.73 Å². The van der Waals surface area contributed by atoms with Crippen molar-refractivity contribution in [3.8, 4) is 0 Å². The number of guanidine groups is 1. The number of hydrogen-bond acceptors (Lipinski definition) is 4. The lowest BCUT2D eigenvalue weighted by molar-refractivity contribution is -0.123. The predicted molar refractivity (Wildman–Crippen MR) is 117 cm³/mol. The molecule has 0 bridgehead atoms. The minimum absolute atomic E-state index is 0.0708. The summed E-state index contributed by atoms with van der Waals surface area (Å²) in [5, 5.41) is 7.27. The Morgan fingerprint density at radius 2 is 1.96 bits per heavy atom. The van der Waals surface area contributed by atoms with Gasteiger partial charge in [-0.15, -0.1) is 0 Å². The van der Waals surface area contributed by atoms with Gasteiger partial charge in [0.05, 0.1) is 0 Å². The summed E-state index contributed by atoms with van der Waals surface area (Å²) in [6, 6.07) is 0.368. The minimum atomic E-state index is -0.697. The molecular weight excluding hydrogens is 374 g/mol. The number of unbranched alkanes of at least 4 members (excludes halogenated alkanes) is 1. The van der Waals surface area contributed by atoms with Crippen LogP contribution in [0, 0.1) is 5.92 Å². The molecule has 2 fully saturated rings. The van der Waals surface area contributed by atoms with E-state index in [2.05, 4.69) is 20.5 Å². The normalized spacial score (nSPS) is 26.0. The summed E-state index contributed by atoms with van der Waals surface area (Å²) in [4.78, 5) is 18.0. The maximum absolute atomic E-state index is 12.1. The number of rotatable bonds is 9. The Morgan fingerprint density at radius 1 is 1.21 bits per heavy atom. The van der Waals surface area contributed by atoms with Gasteiger partial charge in [-0.25, -0.2) is 0 Å². The van der Waals surface area contributed by atoms with Crippen LogP contribution in [0.15, 0.2) is 4.99 Å². The van der Waals surface area contributed by atoms with Crippen LogP contribution in [0.5, 0.6) is 0 Å². The summed E-state index contributed by atoms with van der Waals surface area (Å²) >= 11 is 0. The van der Waals surface area contributed by atoms with Gasteiger partial charge in [-0.05, 0) is 64.6 Å². The Kier molecular flexibility index (Phi) is 10.3. The molecule has 162 valence electrons. The molecule has 1 amide bonds. The van der Waals surface area contributed by atoms with Crippen molar-refractivity contribution in [2.24, 2.45) is 16.6 Å². The summed E-state index contributed by atoms with van der Waals surface area (Å²) < 4.78 is 12.1. The first-order valence-corrected chi connectivity index (χ1v) is 12.3. The van der Waals surface area contributed by atoms with E-state index < -0.39 is 10.8 Å². The molecule has 0 aromatic carbocycles. The second-order valence-electron chi connectivity index (χ2n) is 8.02. The largest absolute Gasteiger partial charge is 0.369 e. The number of piperidine rings is 1. The topological polar surface area (TPSA) is 99.8 Å². The van der Waals surface area contributed by atoms with Gasteiger partial charge in [-0.3, -0.25) is 14.0 Å². The highest BCUT2D eigenvalue weighted by atomic mass is 32.2. The number of primary amides is 1. The average molecular weight is 414 g/mol. The Bertz CT molecular complexity index is 535. The first-order chi connectivity index (χ1) is 13.5. The number of nitrogens with one attached hydrogen (secondary N) is 2. The van der Waals surface area contributed by atoms with Crippen LogP contribution in [0.2, 0.25) is 0 Å². The second kappa shape index (κ2) is 12.4. The molecule has 8 heteroatoms. The first kappa shape index (κ1) is 23.1. The number of carbonyl (C=O) groups is 1. The molecule has 1 heterocycles. The minimum Gasteiger partial charge on any atom is -0.369 e. The lowest BCUT2D eigenvalue weighted by Gasteiger charge is -2.30. The molecule has 4 N–H and O–H groups in total. The molecule has 0 aromatic heterocycles. The SMILES string of the molecule is CCS(=O)C1CCCC(NC(=NC)NCCCCN2CCC(C(N)=O)CC2)C1. The van der Waals surface area contributed by atoms with Crippen molar-refractivity contribution in [1.29, 1.82) is 0 Å². The molecule has 1 saturated heterocycles. The smallest absolute Gasteiger partial charge is 0.220 e. The van der Waals surface area contributed by atoms with Crippen molar-refractivity contribution < 1.29 is 9.00 Å². The number of nitrogens with zero attached hydrogens (tertiary/aromatic N) is 2. The number of carbonyl (C=O) groups excluding carboxylic acids is 1. The van der Waals surface area contributed by atoms with Crippen LogP contribution in [-0.2, 0) is 15.6 Å². The van der Waals surface area contributed by atoms with Gasteiger partial charge in [0.2, 0.25) is 5.91 Å². The monoisotopic (exact) mass is 413 g/mol. The molecule has 1 aliphatic carbocycles. The number of aliphatic imine (C=N–C) groups is 1. The maximum atomic E-state index is 12.1. The number of amides is 1. The fraction of sp³-hybridized carbons (Fsp3) is 0.900. The van der Waals surface area contributed by atoms with Crippen LogP contribution in [0.1, 0.15) is 58.3 Å². The van der Waals surface area contributed by atoms with Crippen molar-refractivity contribution >= 4 is 22.7 Å². The summed E-state index contributed by atoms with van der Waals surface area (Å²) in [5.41, 5.74) is 5.39. The molecule has 7 nitrogen and oxygen atoms in total. The third kappa shape index (κ3) is 7.70. The number of nitrogens with two attached hydrogens (primary N) is 1. The number of hydrogen-bond donors (Lipinski definition) is 3. The molecule has 2 aliphatic rings. The maximum Gasteiger partial charge on any atom is 0.220 e. The highest BCUT2D eigenvalue weighted by Crippen LogP contribution is 2.23. The summed E-state index contributed by atoms with van der Waals surface area (Å²) in [5.74, 6) is 1.54. The van der Waals surface area contributed by atoms with E-state index >= 15 is 0 Å². The van der Waals surface area contributed by atoms with Crippen molar-refractivity contribution in [3.05, 3.63) is 0 Å². The van der Waals surface area contributed by atoms with Crippen molar-refractivity contribution in [3.63, 3.8) is 0 Å². The van der Waals surface area contributed by atoms with Gasteiger partial charge in [0.25, 0.3) is 0 Å². The van der Waals surface area contributed by atoms with Crippen LogP contribution < -0.4 is 16.4 Å². The third-order valence-corrected chi connectivity index (χ3v) is 7.77. The average Bonchev–Trinajstić information content (AvgIpc) is 2.72. The third-order valence-electron chi connectivity index (χ3n) is 6.03.